The van der Waals surface area contributed by atoms with Crippen LogP contribution in [0.3, 0.4) is 0 Å². The summed E-state index contributed by atoms with van der Waals surface area (Å²) in [5, 5.41) is 20.8. The van der Waals surface area contributed by atoms with Crippen LogP contribution in [-0.4, -0.2) is 6.04 Å². The number of hydrogen-bond acceptors (Lipinski definition) is 3. The van der Waals surface area contributed by atoms with Crippen molar-refractivity contribution in [1.82, 2.24) is 0 Å². The van der Waals surface area contributed by atoms with Gasteiger partial charge < -0.3 is 5.32 Å². The third-order valence-corrected chi connectivity index (χ3v) is 3.37. The molecule has 1 fully saturated rings. The Morgan fingerprint density at radius 3 is 2.67 bits per heavy atom. The molecule has 2 atom stereocenters. The third kappa shape index (κ3) is 2.60. The van der Waals surface area contributed by atoms with Crippen LogP contribution in [0.1, 0.15) is 31.2 Å². The molecule has 3 nitrogen and oxygen atoms in total. The maximum atomic E-state index is 13.7. The summed E-state index contributed by atoms with van der Waals surface area (Å²) in [5.74, 6) is -0.495. The van der Waals surface area contributed by atoms with Gasteiger partial charge in [0.25, 0.3) is 0 Å². The normalized spacial score (nSPS) is 22.8. The van der Waals surface area contributed by atoms with Gasteiger partial charge in [-0.15, -0.1) is 0 Å². The van der Waals surface area contributed by atoms with Crippen LogP contribution in [0.15, 0.2) is 18.2 Å². The third-order valence-electron chi connectivity index (χ3n) is 3.37. The van der Waals surface area contributed by atoms with Gasteiger partial charge in [-0.1, -0.05) is 12.8 Å². The van der Waals surface area contributed by atoms with Gasteiger partial charge in [-0.25, -0.2) is 4.39 Å². The Kier molecular flexibility index (Phi) is 3.79. The fourth-order valence-corrected chi connectivity index (χ4v) is 2.36. The molecule has 1 saturated carbocycles. The van der Waals surface area contributed by atoms with Crippen LogP contribution in [0.4, 0.5) is 10.1 Å². The molecule has 0 radical (unpaired) electrons. The summed E-state index contributed by atoms with van der Waals surface area (Å²) in [6.45, 7) is 0. The lowest BCUT2D eigenvalue weighted by Gasteiger charge is -2.28. The minimum absolute atomic E-state index is 0.00573. The zero-order valence-electron chi connectivity index (χ0n) is 9.99. The summed E-state index contributed by atoms with van der Waals surface area (Å²) < 4.78 is 13.7. The maximum Gasteiger partial charge on any atom is 0.147 e. The molecule has 0 heterocycles. The van der Waals surface area contributed by atoms with Crippen molar-refractivity contribution in [2.45, 2.75) is 31.7 Å². The van der Waals surface area contributed by atoms with Crippen molar-refractivity contribution >= 4 is 5.69 Å². The molecule has 18 heavy (non-hydrogen) atoms. The molecule has 1 aromatic carbocycles. The molecule has 0 amide bonds. The maximum absolute atomic E-state index is 13.7. The average molecular weight is 243 g/mol. The Labute approximate surface area is 106 Å². The molecular formula is C14H14FN3. The highest BCUT2D eigenvalue weighted by atomic mass is 19.1. The van der Waals surface area contributed by atoms with E-state index in [2.05, 4.69) is 11.4 Å². The summed E-state index contributed by atoms with van der Waals surface area (Å²) in [6.07, 6.45) is 3.88. The molecule has 1 aromatic rings. The van der Waals surface area contributed by atoms with Crippen molar-refractivity contribution in [2.75, 3.05) is 5.32 Å². The minimum atomic E-state index is -0.434. The molecule has 0 aromatic heterocycles. The Morgan fingerprint density at radius 1 is 1.22 bits per heavy atom. The van der Waals surface area contributed by atoms with Gasteiger partial charge >= 0.3 is 0 Å². The minimum Gasteiger partial charge on any atom is -0.379 e. The van der Waals surface area contributed by atoms with Crippen LogP contribution in [0.25, 0.3) is 0 Å². The fraction of sp³-hybridized carbons (Fsp3) is 0.429. The summed E-state index contributed by atoms with van der Waals surface area (Å²) >= 11 is 0. The highest BCUT2D eigenvalue weighted by Crippen LogP contribution is 2.27. The van der Waals surface area contributed by atoms with E-state index in [1.165, 1.54) is 6.07 Å². The predicted octanol–water partition coefficient (Wildman–Crippen LogP) is 3.19. The lowest BCUT2D eigenvalue weighted by atomic mass is 9.85. The molecule has 92 valence electrons. The first-order valence-corrected chi connectivity index (χ1v) is 6.10. The van der Waals surface area contributed by atoms with E-state index in [9.17, 15) is 4.39 Å². The molecule has 2 rings (SSSR count). The number of nitrogens with one attached hydrogen (secondary N) is 1. The lowest BCUT2D eigenvalue weighted by molar-refractivity contribution is 0.387. The SMILES string of the molecule is N#Cc1ccc(NC2CCCCC2C#N)c(F)c1. The van der Waals surface area contributed by atoms with E-state index in [0.717, 1.165) is 25.7 Å². The number of benzene rings is 1. The van der Waals surface area contributed by atoms with Crippen molar-refractivity contribution in [3.8, 4) is 12.1 Å². The predicted molar refractivity (Wildman–Crippen MR) is 66.1 cm³/mol. The number of rotatable bonds is 2. The summed E-state index contributed by atoms with van der Waals surface area (Å²) in [5.41, 5.74) is 0.680. The van der Waals surface area contributed by atoms with E-state index in [4.69, 9.17) is 10.5 Å². The van der Waals surface area contributed by atoms with E-state index in [1.807, 2.05) is 6.07 Å². The Hall–Kier alpha value is -2.07. The zero-order chi connectivity index (χ0) is 13.0. The van der Waals surface area contributed by atoms with Crippen LogP contribution in [-0.2, 0) is 0 Å². The van der Waals surface area contributed by atoms with Crippen LogP contribution in [0, 0.1) is 34.4 Å². The Balaban J connectivity index is 2.14. The molecule has 2 unspecified atom stereocenters. The van der Waals surface area contributed by atoms with E-state index >= 15 is 0 Å². The van der Waals surface area contributed by atoms with E-state index in [-0.39, 0.29) is 12.0 Å². The first-order chi connectivity index (χ1) is 8.74. The van der Waals surface area contributed by atoms with Crippen LogP contribution >= 0.6 is 0 Å². The zero-order valence-corrected chi connectivity index (χ0v) is 9.99. The second-order valence-electron chi connectivity index (χ2n) is 4.58. The van der Waals surface area contributed by atoms with Crippen LogP contribution < -0.4 is 5.32 Å². The average Bonchev–Trinajstić information content (AvgIpc) is 2.41. The van der Waals surface area contributed by atoms with Gasteiger partial charge in [0.1, 0.15) is 5.82 Å². The van der Waals surface area contributed by atoms with Gasteiger partial charge in [0, 0.05) is 6.04 Å². The van der Waals surface area contributed by atoms with Gasteiger partial charge in [-0.2, -0.15) is 10.5 Å². The lowest BCUT2D eigenvalue weighted by Crippen LogP contribution is -2.31. The van der Waals surface area contributed by atoms with Crippen molar-refractivity contribution in [1.29, 1.82) is 10.5 Å². The van der Waals surface area contributed by atoms with Crippen molar-refractivity contribution < 1.29 is 4.39 Å². The molecule has 0 saturated heterocycles. The van der Waals surface area contributed by atoms with Gasteiger partial charge in [0.2, 0.25) is 0 Å². The van der Waals surface area contributed by atoms with Crippen LogP contribution in [0.2, 0.25) is 0 Å². The van der Waals surface area contributed by atoms with Crippen molar-refractivity contribution in [2.24, 2.45) is 5.92 Å². The number of nitrogens with zero attached hydrogens (tertiary/aromatic N) is 2. The Morgan fingerprint density at radius 2 is 2.00 bits per heavy atom. The number of halogens is 1. The molecule has 1 aliphatic carbocycles. The molecule has 1 aliphatic rings. The van der Waals surface area contributed by atoms with E-state index < -0.39 is 5.82 Å². The molecule has 4 heteroatoms. The standard InChI is InChI=1S/C14H14FN3/c15-12-7-10(8-16)5-6-14(12)18-13-4-2-1-3-11(13)9-17/h5-7,11,13,18H,1-4H2. The fourth-order valence-electron chi connectivity index (χ4n) is 2.36. The molecule has 0 bridgehead atoms. The summed E-state index contributed by atoms with van der Waals surface area (Å²) in [4.78, 5) is 0. The molecule has 0 aliphatic heterocycles. The van der Waals surface area contributed by atoms with E-state index in [1.54, 1.807) is 12.1 Å². The van der Waals surface area contributed by atoms with Gasteiger partial charge in [-0.3, -0.25) is 0 Å². The van der Waals surface area contributed by atoms with Crippen molar-refractivity contribution in [3.05, 3.63) is 29.6 Å². The quantitative estimate of drug-likeness (QED) is 0.867. The van der Waals surface area contributed by atoms with Gasteiger partial charge in [0.05, 0.1) is 29.3 Å². The van der Waals surface area contributed by atoms with Crippen LogP contribution in [0.5, 0.6) is 0 Å². The highest BCUT2D eigenvalue weighted by molar-refractivity contribution is 5.49. The molecular weight excluding hydrogens is 229 g/mol. The monoisotopic (exact) mass is 243 g/mol. The second-order valence-corrected chi connectivity index (χ2v) is 4.58. The summed E-state index contributed by atoms with van der Waals surface area (Å²) in [7, 11) is 0. The number of nitriles is 2. The smallest absolute Gasteiger partial charge is 0.147 e. The first-order valence-electron chi connectivity index (χ1n) is 6.10. The summed E-state index contributed by atoms with van der Waals surface area (Å²) in [6, 6.07) is 8.54. The van der Waals surface area contributed by atoms with Crippen molar-refractivity contribution in [3.63, 3.8) is 0 Å². The van der Waals surface area contributed by atoms with Gasteiger partial charge in [0.15, 0.2) is 0 Å². The Bertz CT molecular complexity index is 513. The molecule has 0 spiro atoms. The first kappa shape index (κ1) is 12.4. The van der Waals surface area contributed by atoms with Gasteiger partial charge in [-0.05, 0) is 31.0 Å². The topological polar surface area (TPSA) is 59.6 Å². The van der Waals surface area contributed by atoms with E-state index in [0.29, 0.717) is 11.3 Å². The molecule has 1 N–H and O–H groups in total. The number of anilines is 1. The highest BCUT2D eigenvalue weighted by Gasteiger charge is 2.25. The number of hydrogen-bond donors (Lipinski definition) is 1. The largest absolute Gasteiger partial charge is 0.379 e. The second kappa shape index (κ2) is 5.51.